The van der Waals surface area contributed by atoms with E-state index < -0.39 is 0 Å². The molecule has 1 aliphatic heterocycles. The van der Waals surface area contributed by atoms with Gasteiger partial charge in [-0.05, 0) is 12.5 Å². The Bertz CT molecular complexity index is 854. The van der Waals surface area contributed by atoms with Gasteiger partial charge >= 0.3 is 0 Å². The predicted octanol–water partition coefficient (Wildman–Crippen LogP) is 4.10. The van der Waals surface area contributed by atoms with E-state index in [-0.39, 0.29) is 16.3 Å². The highest BCUT2D eigenvalue weighted by Crippen LogP contribution is 2.48. The number of nitrogens with one attached hydrogen (secondary N) is 1. The van der Waals surface area contributed by atoms with E-state index in [1.54, 1.807) is 0 Å². The molecule has 0 fully saturated rings. The molecule has 108 valence electrons. The van der Waals surface area contributed by atoms with Crippen LogP contribution in [0.1, 0.15) is 32.3 Å². The molecule has 0 saturated carbocycles. The second-order valence-corrected chi connectivity index (χ2v) is 6.57. The summed E-state index contributed by atoms with van der Waals surface area (Å²) < 4.78 is 0. The predicted molar refractivity (Wildman–Crippen MR) is 87.7 cm³/mol. The fraction of sp³-hybridized carbons (Fsp3) is 0.111. The van der Waals surface area contributed by atoms with Gasteiger partial charge in [-0.2, -0.15) is 0 Å². The van der Waals surface area contributed by atoms with Crippen molar-refractivity contribution >= 4 is 28.5 Å². The Kier molecular flexibility index (Phi) is 2.94. The van der Waals surface area contributed by atoms with Crippen molar-refractivity contribution in [1.82, 2.24) is 5.32 Å². The molecule has 0 radical (unpaired) electrons. The third-order valence-electron chi connectivity index (χ3n) is 4.01. The van der Waals surface area contributed by atoms with Crippen LogP contribution in [0.4, 0.5) is 4.79 Å². The lowest BCUT2D eigenvalue weighted by Crippen LogP contribution is -2.25. The van der Waals surface area contributed by atoms with Crippen molar-refractivity contribution in [2.24, 2.45) is 0 Å². The molecule has 22 heavy (non-hydrogen) atoms. The van der Waals surface area contributed by atoms with E-state index >= 15 is 0 Å². The minimum atomic E-state index is -0.247. The Morgan fingerprint density at radius 1 is 1.00 bits per heavy atom. The van der Waals surface area contributed by atoms with Crippen LogP contribution < -0.4 is 5.32 Å². The monoisotopic (exact) mass is 307 g/mol. The number of carbonyl (C=O) groups is 2. The van der Waals surface area contributed by atoms with E-state index in [2.05, 4.69) is 5.32 Å². The molecule has 0 saturated heterocycles. The summed E-state index contributed by atoms with van der Waals surface area (Å²) in [6, 6.07) is 15.4. The van der Waals surface area contributed by atoms with Crippen LogP contribution in [0, 0.1) is 6.92 Å². The summed E-state index contributed by atoms with van der Waals surface area (Å²) in [6.45, 7) is 2.01. The highest BCUT2D eigenvalue weighted by Gasteiger charge is 2.40. The number of thioether (sulfide) groups is 1. The molecule has 2 aromatic carbocycles. The van der Waals surface area contributed by atoms with Crippen LogP contribution in [-0.4, -0.2) is 11.0 Å². The van der Waals surface area contributed by atoms with Crippen molar-refractivity contribution in [3.05, 3.63) is 76.4 Å². The summed E-state index contributed by atoms with van der Waals surface area (Å²) in [6.07, 6.45) is 0. The number of Topliss-reactive ketones (excluding diaryl/α,β-unsaturated/α-hetero) is 1. The Balaban J connectivity index is 1.90. The smallest absolute Gasteiger partial charge is 0.284 e. The summed E-state index contributed by atoms with van der Waals surface area (Å²) >= 11 is 1.17. The van der Waals surface area contributed by atoms with Crippen LogP contribution in [0.25, 0.3) is 5.70 Å². The van der Waals surface area contributed by atoms with Gasteiger partial charge < -0.3 is 5.32 Å². The van der Waals surface area contributed by atoms with Gasteiger partial charge in [0.15, 0.2) is 5.78 Å². The maximum atomic E-state index is 12.8. The van der Waals surface area contributed by atoms with Crippen molar-refractivity contribution in [3.8, 4) is 0 Å². The fourth-order valence-corrected chi connectivity index (χ4v) is 4.05. The summed E-state index contributed by atoms with van der Waals surface area (Å²) in [5.74, 6) is 0.0182. The first-order chi connectivity index (χ1) is 10.6. The van der Waals surface area contributed by atoms with E-state index in [0.717, 1.165) is 16.7 Å². The van der Waals surface area contributed by atoms with Crippen LogP contribution >= 0.6 is 11.8 Å². The van der Waals surface area contributed by atoms with Crippen LogP contribution in [-0.2, 0) is 0 Å². The zero-order valence-corrected chi connectivity index (χ0v) is 12.7. The van der Waals surface area contributed by atoms with E-state index in [4.69, 9.17) is 0 Å². The van der Waals surface area contributed by atoms with E-state index in [0.29, 0.717) is 16.8 Å². The molecule has 1 aliphatic carbocycles. The summed E-state index contributed by atoms with van der Waals surface area (Å²) in [5.41, 5.74) is 4.98. The Morgan fingerprint density at radius 3 is 2.55 bits per heavy atom. The van der Waals surface area contributed by atoms with Gasteiger partial charge in [0.2, 0.25) is 0 Å². The molecule has 2 aromatic rings. The average Bonchev–Trinajstić information content (AvgIpc) is 2.80. The number of fused-ring (bicyclic) bond motifs is 2. The number of hydrogen-bond donors (Lipinski definition) is 1. The number of hydrogen-bond acceptors (Lipinski definition) is 3. The summed E-state index contributed by atoms with van der Waals surface area (Å²) in [5, 5.41) is 2.50. The van der Waals surface area contributed by atoms with Crippen molar-refractivity contribution < 1.29 is 9.59 Å². The van der Waals surface area contributed by atoms with Gasteiger partial charge in [-0.25, -0.2) is 0 Å². The molecule has 1 heterocycles. The molecule has 0 bridgehead atoms. The van der Waals surface area contributed by atoms with Crippen molar-refractivity contribution in [2.45, 2.75) is 12.2 Å². The van der Waals surface area contributed by atoms with Gasteiger partial charge in [0, 0.05) is 16.7 Å². The lowest BCUT2D eigenvalue weighted by Gasteiger charge is -2.24. The molecule has 0 spiro atoms. The maximum absolute atomic E-state index is 12.8. The molecular weight excluding hydrogens is 294 g/mol. The minimum Gasteiger partial charge on any atom is -0.316 e. The van der Waals surface area contributed by atoms with E-state index in [9.17, 15) is 9.59 Å². The number of rotatable bonds is 1. The van der Waals surface area contributed by atoms with Crippen LogP contribution in [0.3, 0.4) is 0 Å². The quantitative estimate of drug-likeness (QED) is 0.862. The highest BCUT2D eigenvalue weighted by atomic mass is 32.2. The molecule has 1 atom stereocenters. The van der Waals surface area contributed by atoms with Gasteiger partial charge in [0.1, 0.15) is 0 Å². The highest BCUT2D eigenvalue weighted by molar-refractivity contribution is 8.14. The Hall–Kier alpha value is -2.33. The molecule has 4 rings (SSSR count). The average molecular weight is 307 g/mol. The first-order valence-electron chi connectivity index (χ1n) is 7.07. The number of benzene rings is 2. The molecule has 1 amide bonds. The summed E-state index contributed by atoms with van der Waals surface area (Å²) in [4.78, 5) is 24.9. The van der Waals surface area contributed by atoms with Gasteiger partial charge in [-0.3, -0.25) is 9.59 Å². The first-order valence-corrected chi connectivity index (χ1v) is 7.95. The van der Waals surface area contributed by atoms with Crippen molar-refractivity contribution in [2.75, 3.05) is 0 Å². The standard InChI is InChI=1S/C18H13NO2S/c1-10-5-4-6-11(9-10)17-14-15(19-18(21)22-17)12-7-2-3-8-13(12)16(14)20/h2-9,17H,1H3,(H,19,21)/t17-/m0/s1. The molecule has 0 unspecified atom stereocenters. The SMILES string of the molecule is Cc1cccc([C@@H]2SC(=O)NC3=C2C(=O)c2ccccc23)c1. The first kappa shape index (κ1) is 13.3. The number of amides is 1. The largest absolute Gasteiger partial charge is 0.316 e. The topological polar surface area (TPSA) is 46.2 Å². The molecular formula is C18H13NO2S. The van der Waals surface area contributed by atoms with Crippen LogP contribution in [0.2, 0.25) is 0 Å². The van der Waals surface area contributed by atoms with E-state index in [1.807, 2.05) is 55.5 Å². The van der Waals surface area contributed by atoms with Gasteiger partial charge in [0.05, 0.1) is 10.9 Å². The molecule has 4 heteroatoms. The minimum absolute atomic E-state index is 0.0182. The number of ketones is 1. The second kappa shape index (κ2) is 4.85. The number of aryl methyl sites for hydroxylation is 1. The van der Waals surface area contributed by atoms with Gasteiger partial charge in [-0.15, -0.1) is 0 Å². The normalized spacial score (nSPS) is 19.8. The maximum Gasteiger partial charge on any atom is 0.284 e. The molecule has 3 nitrogen and oxygen atoms in total. The fourth-order valence-electron chi connectivity index (χ4n) is 3.05. The zero-order chi connectivity index (χ0) is 15.3. The molecule has 0 aromatic heterocycles. The second-order valence-electron chi connectivity index (χ2n) is 5.49. The molecule has 1 N–H and O–H groups in total. The van der Waals surface area contributed by atoms with Gasteiger partial charge in [0.25, 0.3) is 5.24 Å². The van der Waals surface area contributed by atoms with Crippen LogP contribution in [0.5, 0.6) is 0 Å². The lowest BCUT2D eigenvalue weighted by atomic mass is 9.99. The number of carbonyl (C=O) groups excluding carboxylic acids is 2. The van der Waals surface area contributed by atoms with Gasteiger partial charge in [-0.1, -0.05) is 65.9 Å². The third-order valence-corrected chi connectivity index (χ3v) is 5.07. The Morgan fingerprint density at radius 2 is 1.77 bits per heavy atom. The molecule has 2 aliphatic rings. The lowest BCUT2D eigenvalue weighted by molar-refractivity contribution is 0.103. The van der Waals surface area contributed by atoms with E-state index in [1.165, 1.54) is 11.8 Å². The zero-order valence-electron chi connectivity index (χ0n) is 11.9. The Labute approximate surface area is 132 Å². The third kappa shape index (κ3) is 1.91. The van der Waals surface area contributed by atoms with Crippen molar-refractivity contribution in [1.29, 1.82) is 0 Å². The van der Waals surface area contributed by atoms with Crippen molar-refractivity contribution in [3.63, 3.8) is 0 Å². The summed E-state index contributed by atoms with van der Waals surface area (Å²) in [7, 11) is 0. The van der Waals surface area contributed by atoms with Crippen LogP contribution in [0.15, 0.2) is 54.1 Å².